The molecule has 186 valence electrons. The summed E-state index contributed by atoms with van der Waals surface area (Å²) < 4.78 is 20.4. The van der Waals surface area contributed by atoms with Gasteiger partial charge in [-0.25, -0.2) is 4.39 Å². The average molecular weight is 493 g/mol. The molecule has 0 spiro atoms. The number of carboxylic acid groups (broad SMARTS) is 1. The number of thioether (sulfide) groups is 1. The van der Waals surface area contributed by atoms with E-state index < -0.39 is 23.3 Å². The lowest BCUT2D eigenvalue weighted by Gasteiger charge is -2.29. The Morgan fingerprint density at radius 1 is 1.21 bits per heavy atom. The highest BCUT2D eigenvalue weighted by atomic mass is 32.2. The molecule has 2 aromatic carbocycles. The molecule has 0 amide bonds. The number of aliphatic hydroxyl groups is 1. The number of phenolic OH excluding ortho intramolecular Hbond substituents is 1. The van der Waals surface area contributed by atoms with Gasteiger partial charge in [0.25, 0.3) is 0 Å². The highest BCUT2D eigenvalue weighted by Gasteiger charge is 2.32. The van der Waals surface area contributed by atoms with Crippen molar-refractivity contribution < 1.29 is 34.0 Å². The molecule has 0 aliphatic rings. The Morgan fingerprint density at radius 3 is 2.50 bits per heavy atom. The van der Waals surface area contributed by atoms with Gasteiger partial charge in [-0.15, -0.1) is 11.8 Å². The van der Waals surface area contributed by atoms with Crippen LogP contribution in [-0.2, 0) is 11.2 Å². The van der Waals surface area contributed by atoms with Gasteiger partial charge in [0.15, 0.2) is 5.78 Å². The molecule has 0 aromatic heterocycles. The summed E-state index contributed by atoms with van der Waals surface area (Å²) in [5, 5.41) is 29.9. The summed E-state index contributed by atoms with van der Waals surface area (Å²) in [6, 6.07) is 7.72. The predicted molar refractivity (Wildman–Crippen MR) is 130 cm³/mol. The number of phenols is 1. The minimum absolute atomic E-state index is 0.0305. The monoisotopic (exact) mass is 492 g/mol. The molecule has 3 N–H and O–H groups in total. The zero-order chi connectivity index (χ0) is 25.5. The topological polar surface area (TPSA) is 104 Å². The van der Waals surface area contributed by atoms with Crippen molar-refractivity contribution in [2.75, 3.05) is 12.4 Å². The molecule has 6 nitrogen and oxygen atoms in total. The largest absolute Gasteiger partial charge is 0.507 e. The molecule has 0 aliphatic heterocycles. The van der Waals surface area contributed by atoms with Crippen molar-refractivity contribution in [3.63, 3.8) is 0 Å². The second kappa shape index (κ2) is 12.2. The zero-order valence-corrected chi connectivity index (χ0v) is 20.9. The number of aromatic hydroxyl groups is 1. The minimum Gasteiger partial charge on any atom is -0.507 e. The van der Waals surface area contributed by atoms with Crippen molar-refractivity contribution in [2.45, 2.75) is 64.4 Å². The van der Waals surface area contributed by atoms with Crippen molar-refractivity contribution in [1.82, 2.24) is 0 Å². The van der Waals surface area contributed by atoms with Crippen LogP contribution in [0.5, 0.6) is 11.5 Å². The summed E-state index contributed by atoms with van der Waals surface area (Å²) in [5.74, 6) is -0.595. The van der Waals surface area contributed by atoms with Crippen LogP contribution in [0.2, 0.25) is 0 Å². The van der Waals surface area contributed by atoms with Crippen LogP contribution in [0.25, 0.3) is 0 Å². The first-order valence-corrected chi connectivity index (χ1v) is 12.3. The molecular formula is C26H33FO6S. The molecule has 0 radical (unpaired) electrons. The summed E-state index contributed by atoms with van der Waals surface area (Å²) in [4.78, 5) is 23.1. The number of hydrogen-bond donors (Lipinski definition) is 3. The van der Waals surface area contributed by atoms with Gasteiger partial charge in [-0.1, -0.05) is 33.3 Å². The molecule has 1 unspecified atom stereocenters. The lowest BCUT2D eigenvalue weighted by atomic mass is 9.80. The van der Waals surface area contributed by atoms with Crippen molar-refractivity contribution in [3.05, 3.63) is 52.8 Å². The standard InChI is InChI=1S/C26H33FO6S/c1-5-7-19-21(10-9-18(16(2)28)24(19)31)33-12-6-13-34-22-11-8-17(14-20(22)27)25(32)26(3,4)15-23(29)30/h8-11,14,25,31-32H,5-7,12-13,15H2,1-4H3,(H,29,30). The first kappa shape index (κ1) is 27.7. The van der Waals surface area contributed by atoms with Gasteiger partial charge in [-0.2, -0.15) is 0 Å². The average Bonchev–Trinajstić information content (AvgIpc) is 2.75. The zero-order valence-electron chi connectivity index (χ0n) is 20.1. The van der Waals surface area contributed by atoms with E-state index in [0.717, 1.165) is 6.42 Å². The third kappa shape index (κ3) is 7.21. The highest BCUT2D eigenvalue weighted by Crippen LogP contribution is 2.38. The van der Waals surface area contributed by atoms with Gasteiger partial charge in [0, 0.05) is 21.6 Å². The van der Waals surface area contributed by atoms with E-state index in [4.69, 9.17) is 9.84 Å². The number of rotatable bonds is 13. The molecule has 0 bridgehead atoms. The van der Waals surface area contributed by atoms with Crippen LogP contribution in [0.3, 0.4) is 0 Å². The maximum Gasteiger partial charge on any atom is 0.303 e. The van der Waals surface area contributed by atoms with Crippen molar-refractivity contribution in [2.24, 2.45) is 5.41 Å². The summed E-state index contributed by atoms with van der Waals surface area (Å²) in [6.45, 7) is 7.01. The van der Waals surface area contributed by atoms with E-state index in [1.807, 2.05) is 6.92 Å². The van der Waals surface area contributed by atoms with Crippen LogP contribution in [0.1, 0.15) is 74.5 Å². The summed E-state index contributed by atoms with van der Waals surface area (Å²) in [5.41, 5.74) is 0.308. The van der Waals surface area contributed by atoms with Crippen LogP contribution in [-0.4, -0.2) is 39.4 Å². The Hall–Kier alpha value is -2.58. The number of aliphatic carboxylic acids is 1. The SMILES string of the molecule is CCCc1c(OCCCSc2ccc(C(O)C(C)(C)CC(=O)O)cc2F)ccc(C(C)=O)c1O. The lowest BCUT2D eigenvalue weighted by Crippen LogP contribution is -2.25. The summed E-state index contributed by atoms with van der Waals surface area (Å²) in [7, 11) is 0. The van der Waals surface area contributed by atoms with Crippen LogP contribution in [0.4, 0.5) is 4.39 Å². The number of carboxylic acids is 1. The summed E-state index contributed by atoms with van der Waals surface area (Å²) in [6.07, 6.45) is 0.666. The first-order chi connectivity index (χ1) is 16.0. The molecule has 2 rings (SSSR count). The Bertz CT molecular complexity index is 1020. The van der Waals surface area contributed by atoms with E-state index in [9.17, 15) is 24.2 Å². The van der Waals surface area contributed by atoms with Crippen LogP contribution < -0.4 is 4.74 Å². The summed E-state index contributed by atoms with van der Waals surface area (Å²) >= 11 is 1.32. The van der Waals surface area contributed by atoms with E-state index in [-0.39, 0.29) is 23.5 Å². The molecule has 8 heteroatoms. The second-order valence-corrected chi connectivity index (χ2v) is 10.1. The number of hydrogen-bond acceptors (Lipinski definition) is 6. The molecule has 0 fully saturated rings. The van der Waals surface area contributed by atoms with Crippen LogP contribution in [0.15, 0.2) is 35.2 Å². The lowest BCUT2D eigenvalue weighted by molar-refractivity contribution is -0.141. The quantitative estimate of drug-likeness (QED) is 0.185. The number of benzene rings is 2. The van der Waals surface area contributed by atoms with Gasteiger partial charge >= 0.3 is 5.97 Å². The van der Waals surface area contributed by atoms with E-state index >= 15 is 0 Å². The smallest absolute Gasteiger partial charge is 0.303 e. The fraction of sp³-hybridized carbons (Fsp3) is 0.462. The molecule has 0 aliphatic carbocycles. The van der Waals surface area contributed by atoms with Crippen LogP contribution in [0, 0.1) is 11.2 Å². The Morgan fingerprint density at radius 2 is 1.91 bits per heavy atom. The molecular weight excluding hydrogens is 459 g/mol. The van der Waals surface area contributed by atoms with E-state index in [1.54, 1.807) is 38.1 Å². The number of ether oxygens (including phenoxy) is 1. The van der Waals surface area contributed by atoms with Gasteiger partial charge in [-0.3, -0.25) is 9.59 Å². The fourth-order valence-electron chi connectivity index (χ4n) is 3.69. The molecule has 0 saturated carbocycles. The van der Waals surface area contributed by atoms with Crippen molar-refractivity contribution >= 4 is 23.5 Å². The van der Waals surface area contributed by atoms with E-state index in [2.05, 4.69) is 0 Å². The Kier molecular flexibility index (Phi) is 9.94. The van der Waals surface area contributed by atoms with Crippen molar-refractivity contribution in [3.8, 4) is 11.5 Å². The predicted octanol–water partition coefficient (Wildman–Crippen LogP) is 5.78. The normalized spacial score (nSPS) is 12.4. The number of ketones is 1. The third-order valence-electron chi connectivity index (χ3n) is 5.54. The Balaban J connectivity index is 1.94. The van der Waals surface area contributed by atoms with Crippen molar-refractivity contribution in [1.29, 1.82) is 0 Å². The highest BCUT2D eigenvalue weighted by molar-refractivity contribution is 7.99. The minimum atomic E-state index is -1.10. The molecule has 1 atom stereocenters. The molecule has 0 heterocycles. The number of aliphatic hydroxyl groups excluding tert-OH is 1. The molecule has 34 heavy (non-hydrogen) atoms. The van der Waals surface area contributed by atoms with Crippen LogP contribution >= 0.6 is 11.8 Å². The Labute approximate surface area is 204 Å². The number of carbonyl (C=O) groups excluding carboxylic acids is 1. The second-order valence-electron chi connectivity index (χ2n) is 8.95. The third-order valence-corrected chi connectivity index (χ3v) is 6.68. The van der Waals surface area contributed by atoms with Gasteiger partial charge in [0.1, 0.15) is 17.3 Å². The molecule has 2 aromatic rings. The first-order valence-electron chi connectivity index (χ1n) is 11.3. The van der Waals surface area contributed by atoms with Gasteiger partial charge in [0.2, 0.25) is 0 Å². The van der Waals surface area contributed by atoms with Gasteiger partial charge < -0.3 is 20.1 Å². The maximum absolute atomic E-state index is 14.6. The number of halogens is 1. The fourth-order valence-corrected chi connectivity index (χ4v) is 4.54. The molecule has 0 saturated heterocycles. The van der Waals surface area contributed by atoms with Gasteiger partial charge in [-0.05, 0) is 49.6 Å². The van der Waals surface area contributed by atoms with E-state index in [1.165, 1.54) is 24.8 Å². The number of carbonyl (C=O) groups is 2. The van der Waals surface area contributed by atoms with E-state index in [0.29, 0.717) is 47.0 Å². The maximum atomic E-state index is 14.6. The number of Topliss-reactive ketones (excluding diaryl/α,β-unsaturated/α-hetero) is 1. The van der Waals surface area contributed by atoms with Gasteiger partial charge in [0.05, 0.1) is 24.7 Å².